The van der Waals surface area contributed by atoms with Crippen molar-refractivity contribution in [2.75, 3.05) is 0 Å². The minimum atomic E-state index is -0.736. The van der Waals surface area contributed by atoms with Crippen LogP contribution < -0.4 is 5.73 Å². The average Bonchev–Trinajstić information content (AvgIpc) is 2.95. The van der Waals surface area contributed by atoms with Crippen LogP contribution in [0.3, 0.4) is 0 Å². The zero-order valence-electron chi connectivity index (χ0n) is 11.0. The fraction of sp³-hybridized carbons (Fsp3) is 0.200. The molecule has 1 heterocycles. The quantitative estimate of drug-likeness (QED) is 0.761. The Morgan fingerprint density at radius 1 is 1.15 bits per heavy atom. The number of aliphatic hydroxyl groups excluding tert-OH is 1. The van der Waals surface area contributed by atoms with Gasteiger partial charge in [0.25, 0.3) is 0 Å². The van der Waals surface area contributed by atoms with Crippen molar-refractivity contribution in [2.45, 2.75) is 19.1 Å². The Kier molecular flexibility index (Phi) is 3.22. The van der Waals surface area contributed by atoms with Crippen LogP contribution in [-0.4, -0.2) is 21.4 Å². The number of hydrogen-bond donors (Lipinski definition) is 2. The first-order valence-electron chi connectivity index (χ1n) is 6.41. The Balaban J connectivity index is 1.99. The highest BCUT2D eigenvalue weighted by molar-refractivity contribution is 5.86. The number of aliphatic hydroxyl groups is 1. The summed E-state index contributed by atoms with van der Waals surface area (Å²) in [5, 5.41) is 15.6. The van der Waals surface area contributed by atoms with E-state index in [0.29, 0.717) is 5.82 Å². The molecule has 1 aromatic heterocycles. The highest BCUT2D eigenvalue weighted by atomic mass is 16.5. The monoisotopic (exact) mass is 269 g/mol. The molecule has 102 valence electrons. The maximum atomic E-state index is 9.44. The van der Waals surface area contributed by atoms with Gasteiger partial charge in [0.05, 0.1) is 6.10 Å². The molecule has 0 bridgehead atoms. The van der Waals surface area contributed by atoms with Gasteiger partial charge in [0.15, 0.2) is 0 Å². The highest BCUT2D eigenvalue weighted by Gasteiger charge is 2.19. The van der Waals surface area contributed by atoms with Gasteiger partial charge in [-0.3, -0.25) is 0 Å². The molecule has 2 atom stereocenters. The molecule has 0 aliphatic carbocycles. The Bertz CT molecular complexity index is 737. The van der Waals surface area contributed by atoms with E-state index in [1.54, 1.807) is 6.92 Å². The summed E-state index contributed by atoms with van der Waals surface area (Å²) in [7, 11) is 0. The molecule has 2 aromatic carbocycles. The number of nitrogens with zero attached hydrogens (tertiary/aromatic N) is 2. The lowest BCUT2D eigenvalue weighted by atomic mass is 10.1. The summed E-state index contributed by atoms with van der Waals surface area (Å²) in [6, 6.07) is 13.3. The van der Waals surface area contributed by atoms with E-state index in [2.05, 4.69) is 10.1 Å². The Morgan fingerprint density at radius 3 is 2.65 bits per heavy atom. The normalized spacial score (nSPS) is 14.3. The summed E-state index contributed by atoms with van der Waals surface area (Å²) in [5.74, 6) is 0.713. The molecule has 0 aliphatic heterocycles. The zero-order chi connectivity index (χ0) is 14.1. The molecule has 0 fully saturated rings. The fourth-order valence-corrected chi connectivity index (χ4v) is 2.02. The predicted octanol–water partition coefficient (Wildman–Crippen LogP) is 2.27. The van der Waals surface area contributed by atoms with E-state index >= 15 is 0 Å². The molecule has 20 heavy (non-hydrogen) atoms. The topological polar surface area (TPSA) is 85.2 Å². The van der Waals surface area contributed by atoms with Crippen molar-refractivity contribution < 1.29 is 9.63 Å². The number of rotatable bonds is 3. The molecule has 3 aromatic rings. The lowest BCUT2D eigenvalue weighted by Gasteiger charge is -2.08. The van der Waals surface area contributed by atoms with Crippen LogP contribution in [0.5, 0.6) is 0 Å². The van der Waals surface area contributed by atoms with Crippen LogP contribution in [0, 0.1) is 0 Å². The molecule has 0 saturated carbocycles. The standard InChI is InChI=1S/C15H15N3O2/c1-9(19)13(16)15-17-14(18-20-15)12-7-6-10-4-2-3-5-11(10)8-12/h2-9,13,19H,16H2,1H3. The van der Waals surface area contributed by atoms with Gasteiger partial charge >= 0.3 is 0 Å². The number of nitrogens with two attached hydrogens (primary N) is 1. The van der Waals surface area contributed by atoms with E-state index in [1.165, 1.54) is 0 Å². The molecule has 0 radical (unpaired) electrons. The van der Waals surface area contributed by atoms with E-state index in [1.807, 2.05) is 42.5 Å². The molecule has 5 nitrogen and oxygen atoms in total. The van der Waals surface area contributed by atoms with Gasteiger partial charge in [-0.2, -0.15) is 4.98 Å². The molecule has 2 unspecified atom stereocenters. The van der Waals surface area contributed by atoms with Gasteiger partial charge in [-0.15, -0.1) is 0 Å². The second-order valence-corrected chi connectivity index (χ2v) is 4.78. The number of benzene rings is 2. The van der Waals surface area contributed by atoms with Crippen LogP contribution in [0.1, 0.15) is 18.9 Å². The summed E-state index contributed by atoms with van der Waals surface area (Å²) in [5.41, 5.74) is 6.63. The third-order valence-electron chi connectivity index (χ3n) is 3.25. The molecule has 0 aliphatic rings. The largest absolute Gasteiger partial charge is 0.391 e. The third kappa shape index (κ3) is 2.29. The second kappa shape index (κ2) is 5.03. The number of hydrogen-bond acceptors (Lipinski definition) is 5. The van der Waals surface area contributed by atoms with E-state index in [-0.39, 0.29) is 5.89 Å². The van der Waals surface area contributed by atoms with Crippen molar-refractivity contribution in [3.05, 3.63) is 48.4 Å². The first-order chi connectivity index (χ1) is 9.65. The summed E-state index contributed by atoms with van der Waals surface area (Å²) in [6.07, 6.45) is -0.736. The molecule has 0 spiro atoms. The lowest BCUT2D eigenvalue weighted by Crippen LogP contribution is -2.23. The minimum absolute atomic E-state index is 0.239. The maximum Gasteiger partial charge on any atom is 0.246 e. The van der Waals surface area contributed by atoms with Gasteiger partial charge in [-0.05, 0) is 23.8 Å². The minimum Gasteiger partial charge on any atom is -0.391 e. The van der Waals surface area contributed by atoms with Crippen molar-refractivity contribution >= 4 is 10.8 Å². The first kappa shape index (κ1) is 12.8. The van der Waals surface area contributed by atoms with Crippen LogP contribution in [0.15, 0.2) is 47.0 Å². The van der Waals surface area contributed by atoms with E-state index in [9.17, 15) is 5.11 Å². The third-order valence-corrected chi connectivity index (χ3v) is 3.25. The van der Waals surface area contributed by atoms with Crippen LogP contribution in [-0.2, 0) is 0 Å². The lowest BCUT2D eigenvalue weighted by molar-refractivity contribution is 0.146. The smallest absolute Gasteiger partial charge is 0.246 e. The number of aromatic nitrogens is 2. The van der Waals surface area contributed by atoms with E-state index in [4.69, 9.17) is 10.3 Å². The average molecular weight is 269 g/mol. The molecule has 3 N–H and O–H groups in total. The second-order valence-electron chi connectivity index (χ2n) is 4.78. The molecule has 5 heteroatoms. The van der Waals surface area contributed by atoms with Crippen LogP contribution >= 0.6 is 0 Å². The van der Waals surface area contributed by atoms with Gasteiger partial charge in [0.2, 0.25) is 11.7 Å². The Labute approximate surface area is 116 Å². The van der Waals surface area contributed by atoms with Crippen LogP contribution in [0.25, 0.3) is 22.2 Å². The molecule has 0 amide bonds. The van der Waals surface area contributed by atoms with Crippen LogP contribution in [0.2, 0.25) is 0 Å². The number of fused-ring (bicyclic) bond motifs is 1. The Morgan fingerprint density at radius 2 is 1.90 bits per heavy atom. The van der Waals surface area contributed by atoms with Crippen molar-refractivity contribution in [3.63, 3.8) is 0 Å². The van der Waals surface area contributed by atoms with Gasteiger partial charge in [-0.25, -0.2) is 0 Å². The SMILES string of the molecule is CC(O)C(N)c1nc(-c2ccc3ccccc3c2)no1. The molecular weight excluding hydrogens is 254 g/mol. The van der Waals surface area contributed by atoms with Crippen molar-refractivity contribution in [1.29, 1.82) is 0 Å². The van der Waals surface area contributed by atoms with E-state index in [0.717, 1.165) is 16.3 Å². The highest BCUT2D eigenvalue weighted by Crippen LogP contribution is 2.23. The van der Waals surface area contributed by atoms with Crippen molar-refractivity contribution in [3.8, 4) is 11.4 Å². The Hall–Kier alpha value is -2.24. The predicted molar refractivity (Wildman–Crippen MR) is 75.8 cm³/mol. The van der Waals surface area contributed by atoms with Crippen molar-refractivity contribution in [1.82, 2.24) is 10.1 Å². The molecule has 3 rings (SSSR count). The van der Waals surface area contributed by atoms with Crippen LogP contribution in [0.4, 0.5) is 0 Å². The van der Waals surface area contributed by atoms with Gasteiger partial charge in [0, 0.05) is 5.56 Å². The van der Waals surface area contributed by atoms with Gasteiger partial charge in [0.1, 0.15) is 6.04 Å². The van der Waals surface area contributed by atoms with Gasteiger partial charge < -0.3 is 15.4 Å². The fourth-order valence-electron chi connectivity index (χ4n) is 2.02. The molecule has 0 saturated heterocycles. The summed E-state index contributed by atoms with van der Waals surface area (Å²) < 4.78 is 5.11. The van der Waals surface area contributed by atoms with Gasteiger partial charge in [-0.1, -0.05) is 41.6 Å². The van der Waals surface area contributed by atoms with Crippen molar-refractivity contribution in [2.24, 2.45) is 5.73 Å². The van der Waals surface area contributed by atoms with E-state index < -0.39 is 12.1 Å². The molecular formula is C15H15N3O2. The zero-order valence-corrected chi connectivity index (χ0v) is 11.0. The summed E-state index contributed by atoms with van der Waals surface area (Å²) in [4.78, 5) is 4.25. The summed E-state index contributed by atoms with van der Waals surface area (Å²) in [6.45, 7) is 1.59. The maximum absolute atomic E-state index is 9.44. The summed E-state index contributed by atoms with van der Waals surface area (Å²) >= 11 is 0. The first-order valence-corrected chi connectivity index (χ1v) is 6.41.